The van der Waals surface area contributed by atoms with Gasteiger partial charge in [-0.3, -0.25) is 0 Å². The summed E-state index contributed by atoms with van der Waals surface area (Å²) in [4.78, 5) is 3.19. The number of hydrogen-bond acceptors (Lipinski definition) is 0. The summed E-state index contributed by atoms with van der Waals surface area (Å²) in [7, 11) is 0. The zero-order valence-corrected chi connectivity index (χ0v) is 9.54. The topological polar surface area (TPSA) is 15.8 Å². The summed E-state index contributed by atoms with van der Waals surface area (Å²) in [6.07, 6.45) is 1.96. The van der Waals surface area contributed by atoms with Crippen molar-refractivity contribution < 1.29 is 0 Å². The largest absolute Gasteiger partial charge is 0.361 e. The van der Waals surface area contributed by atoms with Crippen LogP contribution in [0, 0.1) is 6.92 Å². The molecule has 0 atom stereocenters. The Kier molecular flexibility index (Phi) is 2.35. The van der Waals surface area contributed by atoms with Crippen molar-refractivity contribution in [3.05, 3.63) is 33.9 Å². The Balaban J connectivity index is 2.77. The Morgan fingerprint density at radius 3 is 2.92 bits per heavy atom. The molecular weight excluding hydrogens is 249 g/mol. The van der Waals surface area contributed by atoms with E-state index in [0.29, 0.717) is 5.88 Å². The number of aryl methyl sites for hydroxylation is 1. The fourth-order valence-corrected chi connectivity index (χ4v) is 1.98. The van der Waals surface area contributed by atoms with Crippen LogP contribution in [0.15, 0.2) is 22.8 Å². The lowest BCUT2D eigenvalue weighted by atomic mass is 10.1. The lowest BCUT2D eigenvalue weighted by Gasteiger charge is -1.99. The molecule has 0 aliphatic heterocycles. The first-order valence-corrected chi connectivity index (χ1v) is 5.37. The van der Waals surface area contributed by atoms with Gasteiger partial charge in [-0.2, -0.15) is 0 Å². The lowest BCUT2D eigenvalue weighted by molar-refractivity contribution is 1.39. The number of benzene rings is 1. The maximum Gasteiger partial charge on any atom is 0.0495 e. The maximum atomic E-state index is 5.81. The second-order valence-electron chi connectivity index (χ2n) is 3.09. The van der Waals surface area contributed by atoms with Crippen LogP contribution in [0.25, 0.3) is 10.9 Å². The highest BCUT2D eigenvalue weighted by atomic mass is 79.9. The first kappa shape index (κ1) is 9.10. The van der Waals surface area contributed by atoms with Crippen LogP contribution in [0.3, 0.4) is 0 Å². The summed E-state index contributed by atoms with van der Waals surface area (Å²) >= 11 is 9.30. The van der Waals surface area contributed by atoms with Crippen LogP contribution >= 0.6 is 27.5 Å². The van der Waals surface area contributed by atoms with Crippen LogP contribution in [-0.2, 0) is 5.88 Å². The van der Waals surface area contributed by atoms with Crippen molar-refractivity contribution in [3.8, 4) is 0 Å². The number of alkyl halides is 1. The van der Waals surface area contributed by atoms with Gasteiger partial charge in [0.15, 0.2) is 0 Å². The van der Waals surface area contributed by atoms with Gasteiger partial charge in [0.25, 0.3) is 0 Å². The molecule has 0 saturated carbocycles. The Bertz CT molecular complexity index is 447. The average Bonchev–Trinajstić information content (AvgIpc) is 2.48. The second kappa shape index (κ2) is 3.35. The van der Waals surface area contributed by atoms with E-state index >= 15 is 0 Å². The number of hydrogen-bond donors (Lipinski definition) is 1. The van der Waals surface area contributed by atoms with E-state index in [-0.39, 0.29) is 0 Å². The van der Waals surface area contributed by atoms with Gasteiger partial charge in [-0.1, -0.05) is 15.9 Å². The van der Waals surface area contributed by atoms with Crippen LogP contribution in [0.2, 0.25) is 0 Å². The minimum Gasteiger partial charge on any atom is -0.361 e. The Labute approximate surface area is 90.2 Å². The van der Waals surface area contributed by atoms with Gasteiger partial charge in [0.05, 0.1) is 0 Å². The van der Waals surface area contributed by atoms with Gasteiger partial charge in [0, 0.05) is 27.5 Å². The number of rotatable bonds is 1. The molecule has 0 radical (unpaired) electrons. The molecule has 0 saturated heterocycles. The van der Waals surface area contributed by atoms with Gasteiger partial charge in [0.2, 0.25) is 0 Å². The third-order valence-electron chi connectivity index (χ3n) is 2.19. The molecule has 1 N–H and O–H groups in total. The predicted molar refractivity (Wildman–Crippen MR) is 60.3 cm³/mol. The molecule has 0 unspecified atom stereocenters. The molecule has 3 heteroatoms. The van der Waals surface area contributed by atoms with E-state index in [1.165, 1.54) is 10.9 Å². The van der Waals surface area contributed by atoms with Crippen LogP contribution < -0.4 is 0 Å². The van der Waals surface area contributed by atoms with E-state index in [0.717, 1.165) is 15.6 Å². The molecule has 0 aliphatic carbocycles. The number of halogens is 2. The molecule has 1 heterocycles. The van der Waals surface area contributed by atoms with Gasteiger partial charge < -0.3 is 4.98 Å². The zero-order valence-electron chi connectivity index (χ0n) is 7.20. The summed E-state index contributed by atoms with van der Waals surface area (Å²) < 4.78 is 1.13. The van der Waals surface area contributed by atoms with Crippen LogP contribution in [0.5, 0.6) is 0 Å². The first-order chi connectivity index (χ1) is 6.22. The third-order valence-corrected chi connectivity index (χ3v) is 3.33. The molecule has 1 aromatic heterocycles. The van der Waals surface area contributed by atoms with E-state index in [9.17, 15) is 0 Å². The Hall–Kier alpha value is -0.470. The van der Waals surface area contributed by atoms with E-state index < -0.39 is 0 Å². The quantitative estimate of drug-likeness (QED) is 0.745. The molecule has 0 amide bonds. The number of aromatic nitrogens is 1. The number of aromatic amines is 1. The van der Waals surface area contributed by atoms with Crippen molar-refractivity contribution in [2.45, 2.75) is 12.8 Å². The highest BCUT2D eigenvalue weighted by Crippen LogP contribution is 2.26. The smallest absolute Gasteiger partial charge is 0.0495 e. The SMILES string of the molecule is Cc1cc2c(CCl)c[nH]c2cc1Br. The van der Waals surface area contributed by atoms with Crippen molar-refractivity contribution in [2.24, 2.45) is 0 Å². The molecule has 0 spiro atoms. The van der Waals surface area contributed by atoms with Crippen LogP contribution in [0.4, 0.5) is 0 Å². The summed E-state index contributed by atoms with van der Waals surface area (Å²) in [6, 6.07) is 4.23. The molecule has 1 nitrogen and oxygen atoms in total. The average molecular weight is 259 g/mol. The van der Waals surface area contributed by atoms with Crippen molar-refractivity contribution in [2.75, 3.05) is 0 Å². The summed E-state index contributed by atoms with van der Waals surface area (Å²) in [5.74, 6) is 0.557. The minimum atomic E-state index is 0.557. The predicted octanol–water partition coefficient (Wildman–Crippen LogP) is 3.98. The van der Waals surface area contributed by atoms with Gasteiger partial charge in [-0.15, -0.1) is 11.6 Å². The molecule has 0 fully saturated rings. The number of fused-ring (bicyclic) bond motifs is 1. The molecular formula is C10H9BrClN. The fourth-order valence-electron chi connectivity index (χ4n) is 1.42. The van der Waals surface area contributed by atoms with Gasteiger partial charge in [-0.25, -0.2) is 0 Å². The van der Waals surface area contributed by atoms with Gasteiger partial charge >= 0.3 is 0 Å². The third kappa shape index (κ3) is 1.49. The van der Waals surface area contributed by atoms with Crippen LogP contribution in [-0.4, -0.2) is 4.98 Å². The summed E-state index contributed by atoms with van der Waals surface area (Å²) in [6.45, 7) is 2.08. The van der Waals surface area contributed by atoms with E-state index in [4.69, 9.17) is 11.6 Å². The molecule has 68 valence electrons. The fraction of sp³-hybridized carbons (Fsp3) is 0.200. The maximum absolute atomic E-state index is 5.81. The Morgan fingerprint density at radius 1 is 1.46 bits per heavy atom. The second-order valence-corrected chi connectivity index (χ2v) is 4.22. The van der Waals surface area contributed by atoms with E-state index in [2.05, 4.69) is 40.0 Å². The van der Waals surface area contributed by atoms with E-state index in [1.54, 1.807) is 0 Å². The molecule has 1 aromatic carbocycles. The summed E-state index contributed by atoms with van der Waals surface area (Å²) in [5.41, 5.74) is 3.53. The standard InChI is InChI=1S/C10H9BrClN/c1-6-2-8-7(4-12)5-13-10(8)3-9(6)11/h2-3,5,13H,4H2,1H3. The molecule has 0 aliphatic rings. The molecule has 0 bridgehead atoms. The number of H-pyrrole nitrogens is 1. The number of nitrogens with one attached hydrogen (secondary N) is 1. The van der Waals surface area contributed by atoms with Gasteiger partial charge in [-0.05, 0) is 30.2 Å². The normalized spacial score (nSPS) is 11.0. The van der Waals surface area contributed by atoms with Crippen molar-refractivity contribution in [1.82, 2.24) is 4.98 Å². The van der Waals surface area contributed by atoms with Crippen molar-refractivity contribution in [1.29, 1.82) is 0 Å². The molecule has 2 rings (SSSR count). The summed E-state index contributed by atoms with van der Waals surface area (Å²) in [5, 5.41) is 1.22. The lowest BCUT2D eigenvalue weighted by Crippen LogP contribution is -1.78. The molecule has 2 aromatic rings. The molecule has 13 heavy (non-hydrogen) atoms. The van der Waals surface area contributed by atoms with Crippen molar-refractivity contribution in [3.63, 3.8) is 0 Å². The van der Waals surface area contributed by atoms with Crippen molar-refractivity contribution >= 4 is 38.4 Å². The highest BCUT2D eigenvalue weighted by molar-refractivity contribution is 9.10. The Morgan fingerprint density at radius 2 is 2.23 bits per heavy atom. The minimum absolute atomic E-state index is 0.557. The van der Waals surface area contributed by atoms with Crippen LogP contribution in [0.1, 0.15) is 11.1 Å². The first-order valence-electron chi connectivity index (χ1n) is 4.04. The van der Waals surface area contributed by atoms with Gasteiger partial charge in [0.1, 0.15) is 0 Å². The monoisotopic (exact) mass is 257 g/mol. The van der Waals surface area contributed by atoms with E-state index in [1.807, 2.05) is 6.20 Å². The highest BCUT2D eigenvalue weighted by Gasteiger charge is 2.04. The zero-order chi connectivity index (χ0) is 9.42.